The fourth-order valence-corrected chi connectivity index (χ4v) is 2.40. The molecule has 0 fully saturated rings. The Hall–Kier alpha value is -2.43. The summed E-state index contributed by atoms with van der Waals surface area (Å²) in [5.74, 6) is 0.200. The summed E-state index contributed by atoms with van der Waals surface area (Å²) < 4.78 is 0. The third-order valence-electron chi connectivity index (χ3n) is 2.32. The predicted molar refractivity (Wildman–Crippen MR) is 68.1 cm³/mol. The fraction of sp³-hybridized carbons (Fsp3) is 0. The molecule has 1 N–H and O–H groups in total. The third-order valence-corrected chi connectivity index (χ3v) is 3.39. The summed E-state index contributed by atoms with van der Waals surface area (Å²) in [6.07, 6.45) is 0. The van der Waals surface area contributed by atoms with Gasteiger partial charge in [0.05, 0.1) is 11.1 Å². The largest absolute Gasteiger partial charge is 0.508 e. The number of hydrogen-bond donors (Lipinski definition) is 1. The van der Waals surface area contributed by atoms with E-state index in [9.17, 15) is 5.11 Å². The summed E-state index contributed by atoms with van der Waals surface area (Å²) in [7, 11) is 0. The number of phenolic OH excluding ortho intramolecular Hbond substituents is 1. The van der Waals surface area contributed by atoms with Gasteiger partial charge in [-0.05, 0) is 36.4 Å². The lowest BCUT2D eigenvalue weighted by Crippen LogP contribution is -1.87. The smallest absolute Gasteiger partial charge is 0.115 e. The van der Waals surface area contributed by atoms with Gasteiger partial charge in [0.2, 0.25) is 0 Å². The average Bonchev–Trinajstić information content (AvgIpc) is 2.41. The van der Waals surface area contributed by atoms with E-state index >= 15 is 0 Å². The van der Waals surface area contributed by atoms with E-state index in [0.717, 1.165) is 9.79 Å². The molecule has 0 aliphatic heterocycles. The van der Waals surface area contributed by atoms with Crippen LogP contribution in [-0.4, -0.2) is 5.11 Å². The first kappa shape index (κ1) is 12.0. The van der Waals surface area contributed by atoms with Crippen LogP contribution in [0.25, 0.3) is 0 Å². The highest BCUT2D eigenvalue weighted by Crippen LogP contribution is 2.32. The standard InChI is InChI=1S/C14H8N2OS/c15-8-10-2-1-3-14(13(10)9-16)18-12-6-4-11(17)5-7-12/h1-7,17H. The second kappa shape index (κ2) is 5.27. The van der Waals surface area contributed by atoms with Crippen molar-refractivity contribution in [2.45, 2.75) is 9.79 Å². The zero-order valence-electron chi connectivity index (χ0n) is 9.29. The van der Waals surface area contributed by atoms with Crippen LogP contribution in [0.1, 0.15) is 11.1 Å². The van der Waals surface area contributed by atoms with Gasteiger partial charge in [-0.25, -0.2) is 0 Å². The van der Waals surface area contributed by atoms with E-state index < -0.39 is 0 Å². The van der Waals surface area contributed by atoms with E-state index in [2.05, 4.69) is 6.07 Å². The van der Waals surface area contributed by atoms with Crippen LogP contribution in [0.5, 0.6) is 5.75 Å². The first-order valence-corrected chi connectivity index (χ1v) is 5.96. The van der Waals surface area contributed by atoms with Gasteiger partial charge < -0.3 is 5.11 Å². The predicted octanol–water partition coefficient (Wildman–Crippen LogP) is 3.29. The minimum Gasteiger partial charge on any atom is -0.508 e. The normalized spacial score (nSPS) is 9.44. The molecule has 0 aliphatic rings. The molecule has 18 heavy (non-hydrogen) atoms. The maximum absolute atomic E-state index is 9.20. The molecule has 2 aromatic carbocycles. The van der Waals surface area contributed by atoms with Crippen LogP contribution in [0.15, 0.2) is 52.3 Å². The molecule has 0 bridgehead atoms. The maximum Gasteiger partial charge on any atom is 0.115 e. The van der Waals surface area contributed by atoms with Crippen molar-refractivity contribution in [1.82, 2.24) is 0 Å². The van der Waals surface area contributed by atoms with E-state index in [0.29, 0.717) is 11.1 Å². The average molecular weight is 252 g/mol. The first-order chi connectivity index (χ1) is 8.74. The Morgan fingerprint density at radius 2 is 1.67 bits per heavy atom. The number of rotatable bonds is 2. The molecule has 3 nitrogen and oxygen atoms in total. The number of phenols is 1. The Bertz CT molecular complexity index is 651. The Kier molecular flexibility index (Phi) is 3.52. The molecule has 0 unspecified atom stereocenters. The zero-order chi connectivity index (χ0) is 13.0. The summed E-state index contributed by atoms with van der Waals surface area (Å²) in [5, 5.41) is 27.2. The highest BCUT2D eigenvalue weighted by Gasteiger charge is 2.08. The van der Waals surface area contributed by atoms with Gasteiger partial charge in [0.25, 0.3) is 0 Å². The first-order valence-electron chi connectivity index (χ1n) is 5.14. The SMILES string of the molecule is N#Cc1cccc(Sc2ccc(O)cc2)c1C#N. The number of hydrogen-bond acceptors (Lipinski definition) is 4. The van der Waals surface area contributed by atoms with Crippen molar-refractivity contribution in [3.63, 3.8) is 0 Å². The van der Waals surface area contributed by atoms with Gasteiger partial charge in [0, 0.05) is 9.79 Å². The van der Waals surface area contributed by atoms with Crippen molar-refractivity contribution in [3.05, 3.63) is 53.6 Å². The van der Waals surface area contributed by atoms with Crippen molar-refractivity contribution in [3.8, 4) is 17.9 Å². The third kappa shape index (κ3) is 2.45. The molecule has 0 atom stereocenters. The van der Waals surface area contributed by atoms with Crippen molar-refractivity contribution in [2.24, 2.45) is 0 Å². The van der Waals surface area contributed by atoms with Crippen molar-refractivity contribution in [2.75, 3.05) is 0 Å². The topological polar surface area (TPSA) is 67.8 Å². The molecule has 2 aromatic rings. The lowest BCUT2D eigenvalue weighted by Gasteiger charge is -2.05. The molecule has 0 heterocycles. The van der Waals surface area contributed by atoms with E-state index in [4.69, 9.17) is 10.5 Å². The number of nitrogens with zero attached hydrogens (tertiary/aromatic N) is 2. The summed E-state index contributed by atoms with van der Waals surface area (Å²) in [6, 6.07) is 15.9. The molecule has 0 amide bonds. The van der Waals surface area contributed by atoms with Gasteiger partial charge in [-0.3, -0.25) is 0 Å². The van der Waals surface area contributed by atoms with Crippen molar-refractivity contribution in [1.29, 1.82) is 10.5 Å². The fourth-order valence-electron chi connectivity index (χ4n) is 1.47. The number of nitriles is 2. The summed E-state index contributed by atoms with van der Waals surface area (Å²) >= 11 is 1.39. The molecule has 0 aromatic heterocycles. The van der Waals surface area contributed by atoms with E-state index in [1.807, 2.05) is 6.07 Å². The second-order valence-corrected chi connectivity index (χ2v) is 4.61. The minimum atomic E-state index is 0.200. The molecule has 86 valence electrons. The molecule has 0 saturated heterocycles. The van der Waals surface area contributed by atoms with E-state index in [-0.39, 0.29) is 5.75 Å². The minimum absolute atomic E-state index is 0.200. The molecule has 0 spiro atoms. The van der Waals surface area contributed by atoms with E-state index in [1.165, 1.54) is 11.8 Å². The zero-order valence-corrected chi connectivity index (χ0v) is 10.1. The van der Waals surface area contributed by atoms with Gasteiger partial charge in [-0.15, -0.1) is 0 Å². The molecule has 0 saturated carbocycles. The molecule has 2 rings (SSSR count). The molecular weight excluding hydrogens is 244 g/mol. The van der Waals surface area contributed by atoms with Crippen LogP contribution >= 0.6 is 11.8 Å². The summed E-state index contributed by atoms with van der Waals surface area (Å²) in [5.41, 5.74) is 0.763. The highest BCUT2D eigenvalue weighted by molar-refractivity contribution is 7.99. The Labute approximate surface area is 109 Å². The second-order valence-electron chi connectivity index (χ2n) is 3.50. The highest BCUT2D eigenvalue weighted by atomic mass is 32.2. The Balaban J connectivity index is 2.38. The van der Waals surface area contributed by atoms with Gasteiger partial charge in [0.1, 0.15) is 17.9 Å². The van der Waals surface area contributed by atoms with Crippen LogP contribution in [0.2, 0.25) is 0 Å². The summed E-state index contributed by atoms with van der Waals surface area (Å²) in [6.45, 7) is 0. The quantitative estimate of drug-likeness (QED) is 0.890. The Morgan fingerprint density at radius 3 is 2.28 bits per heavy atom. The maximum atomic E-state index is 9.20. The van der Waals surface area contributed by atoms with E-state index in [1.54, 1.807) is 42.5 Å². The van der Waals surface area contributed by atoms with Crippen LogP contribution in [-0.2, 0) is 0 Å². The lowest BCUT2D eigenvalue weighted by atomic mass is 10.1. The monoisotopic (exact) mass is 252 g/mol. The van der Waals surface area contributed by atoms with Crippen LogP contribution in [0.3, 0.4) is 0 Å². The Morgan fingerprint density at radius 1 is 0.944 bits per heavy atom. The lowest BCUT2D eigenvalue weighted by molar-refractivity contribution is 0.475. The van der Waals surface area contributed by atoms with Crippen molar-refractivity contribution >= 4 is 11.8 Å². The van der Waals surface area contributed by atoms with Crippen LogP contribution < -0.4 is 0 Å². The van der Waals surface area contributed by atoms with Crippen molar-refractivity contribution < 1.29 is 5.11 Å². The van der Waals surface area contributed by atoms with Gasteiger partial charge in [-0.2, -0.15) is 10.5 Å². The molecule has 0 aliphatic carbocycles. The molecule has 0 radical (unpaired) electrons. The molecular formula is C14H8N2OS. The van der Waals surface area contributed by atoms with Gasteiger partial charge >= 0.3 is 0 Å². The summed E-state index contributed by atoms with van der Waals surface area (Å²) in [4.78, 5) is 1.64. The number of benzene rings is 2. The van der Waals surface area contributed by atoms with Gasteiger partial charge in [0.15, 0.2) is 0 Å². The van der Waals surface area contributed by atoms with Gasteiger partial charge in [-0.1, -0.05) is 17.8 Å². The van der Waals surface area contributed by atoms with Crippen LogP contribution in [0, 0.1) is 22.7 Å². The molecule has 4 heteroatoms. The van der Waals surface area contributed by atoms with Crippen LogP contribution in [0.4, 0.5) is 0 Å². The number of aromatic hydroxyl groups is 1.